The van der Waals surface area contributed by atoms with Crippen LogP contribution < -0.4 is 16.0 Å². The number of aromatic nitrogens is 2. The van der Waals surface area contributed by atoms with E-state index in [2.05, 4.69) is 15.3 Å². The molecule has 5 rings (SSSR count). The molecule has 2 amide bonds. The van der Waals surface area contributed by atoms with Gasteiger partial charge in [0.15, 0.2) is 0 Å². The lowest BCUT2D eigenvalue weighted by Gasteiger charge is -2.34. The Morgan fingerprint density at radius 2 is 1.94 bits per heavy atom. The molecular weight excluding hydrogens is 483 g/mol. The molecule has 2 heterocycles. The highest BCUT2D eigenvalue weighted by Gasteiger charge is 2.58. The summed E-state index contributed by atoms with van der Waals surface area (Å²) in [5.41, 5.74) is 6.90. The van der Waals surface area contributed by atoms with Gasteiger partial charge in [0.25, 0.3) is 5.91 Å². The number of rotatable bonds is 3. The maximum Gasteiger partial charge on any atom is 0.416 e. The Morgan fingerprint density at radius 1 is 1.20 bits per heavy atom. The number of anilines is 3. The number of nitrogen functional groups attached to an aromatic ring is 1. The Bertz CT molecular complexity index is 1390. The van der Waals surface area contributed by atoms with Crippen molar-refractivity contribution in [3.05, 3.63) is 75.6 Å². The van der Waals surface area contributed by atoms with E-state index in [1.54, 1.807) is 29.3 Å². The lowest BCUT2D eigenvalue weighted by atomic mass is 9.91. The second-order valence-electron chi connectivity index (χ2n) is 8.76. The molecule has 0 unspecified atom stereocenters. The Balaban J connectivity index is 1.46. The van der Waals surface area contributed by atoms with Gasteiger partial charge in [0.2, 0.25) is 11.9 Å². The van der Waals surface area contributed by atoms with Crippen LogP contribution in [0.25, 0.3) is 0 Å². The molecule has 2 aliphatic rings. The van der Waals surface area contributed by atoms with Crippen LogP contribution in [0.5, 0.6) is 0 Å². The first-order valence-corrected chi connectivity index (χ1v) is 11.1. The monoisotopic (exact) mass is 501 g/mol. The van der Waals surface area contributed by atoms with Crippen molar-refractivity contribution in [3.63, 3.8) is 0 Å². The predicted molar refractivity (Wildman–Crippen MR) is 124 cm³/mol. The molecular formula is C24H19ClF3N5O2. The van der Waals surface area contributed by atoms with Crippen LogP contribution in [0.3, 0.4) is 0 Å². The normalized spacial score (nSPS) is 16.3. The van der Waals surface area contributed by atoms with Crippen molar-refractivity contribution < 1.29 is 22.8 Å². The highest BCUT2D eigenvalue weighted by atomic mass is 35.5. The van der Waals surface area contributed by atoms with Crippen LogP contribution in [0.2, 0.25) is 5.02 Å². The Hall–Kier alpha value is -3.66. The molecule has 0 saturated heterocycles. The summed E-state index contributed by atoms with van der Waals surface area (Å²) in [6.07, 6.45) is -1.72. The second-order valence-corrected chi connectivity index (χ2v) is 9.19. The summed E-state index contributed by atoms with van der Waals surface area (Å²) in [5, 5.41) is 2.40. The molecule has 35 heavy (non-hydrogen) atoms. The summed E-state index contributed by atoms with van der Waals surface area (Å²) < 4.78 is 39.4. The van der Waals surface area contributed by atoms with Crippen molar-refractivity contribution in [2.75, 3.05) is 16.0 Å². The number of aryl methyl sites for hydroxylation is 1. The third kappa shape index (κ3) is 4.07. The van der Waals surface area contributed by atoms with E-state index in [9.17, 15) is 22.8 Å². The summed E-state index contributed by atoms with van der Waals surface area (Å²) in [7, 11) is 0. The molecule has 0 bridgehead atoms. The van der Waals surface area contributed by atoms with E-state index < -0.39 is 23.1 Å². The van der Waals surface area contributed by atoms with Crippen LogP contribution in [0.1, 0.15) is 45.6 Å². The number of amides is 2. The highest BCUT2D eigenvalue weighted by Crippen LogP contribution is 2.53. The van der Waals surface area contributed by atoms with Crippen molar-refractivity contribution >= 4 is 40.7 Å². The molecule has 11 heteroatoms. The first kappa shape index (κ1) is 23.1. The van der Waals surface area contributed by atoms with E-state index in [1.807, 2.05) is 6.92 Å². The molecule has 2 aromatic carbocycles. The van der Waals surface area contributed by atoms with Crippen molar-refractivity contribution in [2.45, 2.75) is 37.9 Å². The van der Waals surface area contributed by atoms with E-state index in [1.165, 1.54) is 0 Å². The van der Waals surface area contributed by atoms with Gasteiger partial charge in [-0.15, -0.1) is 0 Å². The van der Waals surface area contributed by atoms with Gasteiger partial charge in [-0.3, -0.25) is 9.59 Å². The lowest BCUT2D eigenvalue weighted by Crippen LogP contribution is -2.45. The molecule has 3 N–H and O–H groups in total. The first-order valence-electron chi connectivity index (χ1n) is 10.7. The van der Waals surface area contributed by atoms with Crippen LogP contribution >= 0.6 is 11.6 Å². The van der Waals surface area contributed by atoms with Crippen molar-refractivity contribution in [1.29, 1.82) is 0 Å². The van der Waals surface area contributed by atoms with Crippen LogP contribution in [-0.2, 0) is 22.9 Å². The third-order valence-electron chi connectivity index (χ3n) is 6.31. The van der Waals surface area contributed by atoms with E-state index >= 15 is 0 Å². The maximum absolute atomic E-state index is 13.5. The van der Waals surface area contributed by atoms with Gasteiger partial charge < -0.3 is 16.0 Å². The second kappa shape index (κ2) is 7.94. The largest absolute Gasteiger partial charge is 0.416 e. The van der Waals surface area contributed by atoms with Crippen molar-refractivity contribution in [3.8, 4) is 0 Å². The smallest absolute Gasteiger partial charge is 0.368 e. The van der Waals surface area contributed by atoms with Crippen molar-refractivity contribution in [1.82, 2.24) is 9.97 Å². The topological polar surface area (TPSA) is 101 Å². The summed E-state index contributed by atoms with van der Waals surface area (Å²) in [6.45, 7) is 2.06. The molecule has 7 nitrogen and oxygen atoms in total. The number of nitrogens with one attached hydrogen (secondary N) is 1. The predicted octanol–water partition coefficient (Wildman–Crippen LogP) is 4.87. The zero-order valence-electron chi connectivity index (χ0n) is 18.4. The van der Waals surface area contributed by atoms with Gasteiger partial charge in [0, 0.05) is 33.7 Å². The quantitative estimate of drug-likeness (QED) is 0.533. The lowest BCUT2D eigenvalue weighted by molar-refractivity contribution is -0.137. The number of nitrogens with two attached hydrogens (primary N) is 1. The summed E-state index contributed by atoms with van der Waals surface area (Å²) in [6, 6.07) is 7.63. The molecule has 0 atom stereocenters. The first-order chi connectivity index (χ1) is 16.5. The minimum absolute atomic E-state index is 0.112. The Kier molecular flexibility index (Phi) is 5.24. The average Bonchev–Trinajstić information content (AvgIpc) is 3.59. The van der Waals surface area contributed by atoms with Gasteiger partial charge in [-0.1, -0.05) is 17.7 Å². The van der Waals surface area contributed by atoms with E-state index in [0.29, 0.717) is 29.9 Å². The van der Waals surface area contributed by atoms with Gasteiger partial charge in [-0.05, 0) is 55.7 Å². The summed E-state index contributed by atoms with van der Waals surface area (Å²) >= 11 is 5.81. The van der Waals surface area contributed by atoms with Crippen molar-refractivity contribution in [2.24, 2.45) is 0 Å². The molecule has 180 valence electrons. The van der Waals surface area contributed by atoms with Gasteiger partial charge in [-0.25, -0.2) is 9.97 Å². The number of nitrogens with zero attached hydrogens (tertiary/aromatic N) is 3. The zero-order valence-corrected chi connectivity index (χ0v) is 19.2. The molecule has 0 radical (unpaired) electrons. The van der Waals surface area contributed by atoms with Gasteiger partial charge >= 0.3 is 6.18 Å². The minimum atomic E-state index is -4.64. The van der Waals surface area contributed by atoms with E-state index in [4.69, 9.17) is 17.3 Å². The number of carbonyl (C=O) groups excluding carboxylic acids is 2. The summed E-state index contributed by atoms with van der Waals surface area (Å²) in [4.78, 5) is 36.2. The molecule has 3 aromatic rings. The average molecular weight is 502 g/mol. The van der Waals surface area contributed by atoms with Gasteiger partial charge in [-0.2, -0.15) is 13.2 Å². The number of hydrogen-bond donors (Lipinski definition) is 2. The van der Waals surface area contributed by atoms with E-state index in [-0.39, 0.29) is 29.0 Å². The molecule has 1 saturated carbocycles. The van der Waals surface area contributed by atoms with Gasteiger partial charge in [0.05, 0.1) is 23.2 Å². The maximum atomic E-state index is 13.5. The molecule has 1 spiro atoms. The molecule has 1 aliphatic carbocycles. The Labute approximate surface area is 203 Å². The van der Waals surface area contributed by atoms with Crippen LogP contribution in [0.4, 0.5) is 30.5 Å². The van der Waals surface area contributed by atoms with Crippen LogP contribution in [-0.4, -0.2) is 21.8 Å². The number of halogens is 4. The fraction of sp³-hybridized carbons (Fsp3) is 0.250. The number of alkyl halides is 3. The minimum Gasteiger partial charge on any atom is -0.368 e. The number of fused-ring (bicyclic) bond motifs is 2. The summed E-state index contributed by atoms with van der Waals surface area (Å²) in [5.74, 6) is -0.753. The van der Waals surface area contributed by atoms with Crippen LogP contribution in [0, 0.1) is 6.92 Å². The molecule has 1 aliphatic heterocycles. The third-order valence-corrected chi connectivity index (χ3v) is 6.53. The fourth-order valence-corrected chi connectivity index (χ4v) is 4.62. The molecule has 1 aromatic heterocycles. The highest BCUT2D eigenvalue weighted by molar-refractivity contribution is 6.31. The number of hydrogen-bond acceptors (Lipinski definition) is 5. The fourth-order valence-electron chi connectivity index (χ4n) is 4.39. The van der Waals surface area contributed by atoms with Crippen LogP contribution in [0.15, 0.2) is 42.6 Å². The Morgan fingerprint density at radius 3 is 2.63 bits per heavy atom. The number of benzene rings is 2. The van der Waals surface area contributed by atoms with Gasteiger partial charge in [0.1, 0.15) is 0 Å². The number of carbonyl (C=O) groups is 2. The standard InChI is InChI=1S/C24H19ClF3N5O2/c1-12-2-3-17(31-20(34)13-6-15(24(26,27)28)8-16(25)7-13)9-18(12)33-11-14-10-30-22(29)32-19(14)23(4-5-23)21(33)35/h2-3,6-10H,4-5,11H2,1H3,(H,31,34)(H2,29,30,32). The SMILES string of the molecule is Cc1ccc(NC(=O)c2cc(Cl)cc(C(F)(F)F)c2)cc1N1Cc2cnc(N)nc2C2(CC2)C1=O. The molecule has 1 fully saturated rings. The van der Waals surface area contributed by atoms with E-state index in [0.717, 1.165) is 29.3 Å². The zero-order chi connectivity index (χ0) is 25.1.